The van der Waals surface area contributed by atoms with Gasteiger partial charge in [-0.25, -0.2) is 17.9 Å². The molecule has 1 rings (SSSR count). The minimum absolute atomic E-state index is 0.196. The number of hydrogen-bond acceptors (Lipinski definition) is 5. The third kappa shape index (κ3) is 5.09. The summed E-state index contributed by atoms with van der Waals surface area (Å²) < 4.78 is 24.1. The van der Waals surface area contributed by atoms with E-state index in [2.05, 4.69) is 10.0 Å². The van der Waals surface area contributed by atoms with Crippen molar-refractivity contribution in [3.63, 3.8) is 0 Å². The van der Waals surface area contributed by atoms with Crippen LogP contribution in [0, 0.1) is 0 Å². The Morgan fingerprint density at radius 2 is 2.05 bits per heavy atom. The molecule has 0 atom stereocenters. The monoisotopic (exact) mass is 304 g/mol. The maximum Gasteiger partial charge on any atom is 0.338 e. The lowest BCUT2D eigenvalue weighted by Gasteiger charge is -2.12. The van der Waals surface area contributed by atoms with Gasteiger partial charge in [0.25, 0.3) is 0 Å². The standard InChI is InChI=1S/C11H16N2O4S2/c1-18-9-5-3-4-8(10(9)11(14)15)12-6-7-13-19(2,16)17/h3-5,12-13H,6-7H2,1-2H3,(H,14,15). The van der Waals surface area contributed by atoms with Gasteiger partial charge >= 0.3 is 5.97 Å². The first-order valence-electron chi connectivity index (χ1n) is 5.44. The van der Waals surface area contributed by atoms with E-state index in [4.69, 9.17) is 0 Å². The third-order valence-corrected chi connectivity index (χ3v) is 3.77. The number of anilines is 1. The molecule has 0 unspecified atom stereocenters. The molecular weight excluding hydrogens is 288 g/mol. The van der Waals surface area contributed by atoms with Crippen molar-refractivity contribution in [2.24, 2.45) is 0 Å². The summed E-state index contributed by atoms with van der Waals surface area (Å²) in [7, 11) is -3.23. The van der Waals surface area contributed by atoms with Gasteiger partial charge in [0.2, 0.25) is 10.0 Å². The summed E-state index contributed by atoms with van der Waals surface area (Å²) in [4.78, 5) is 11.9. The van der Waals surface area contributed by atoms with Crippen LogP contribution in [0.5, 0.6) is 0 Å². The smallest absolute Gasteiger partial charge is 0.338 e. The number of benzene rings is 1. The second-order valence-electron chi connectivity index (χ2n) is 3.78. The number of nitrogens with one attached hydrogen (secondary N) is 2. The van der Waals surface area contributed by atoms with Crippen LogP contribution >= 0.6 is 11.8 Å². The topological polar surface area (TPSA) is 95.5 Å². The molecular formula is C11H16N2O4S2. The van der Waals surface area contributed by atoms with E-state index in [0.29, 0.717) is 17.1 Å². The Labute approximate surface area is 116 Å². The molecule has 6 nitrogen and oxygen atoms in total. The second kappa shape index (κ2) is 6.78. The molecule has 0 aliphatic rings. The van der Waals surface area contributed by atoms with Gasteiger partial charge in [-0.2, -0.15) is 0 Å². The number of thioether (sulfide) groups is 1. The van der Waals surface area contributed by atoms with Crippen LogP contribution in [0.1, 0.15) is 10.4 Å². The predicted molar refractivity (Wildman–Crippen MR) is 76.5 cm³/mol. The normalized spacial score (nSPS) is 11.3. The van der Waals surface area contributed by atoms with Crippen molar-refractivity contribution >= 4 is 33.4 Å². The highest BCUT2D eigenvalue weighted by atomic mass is 32.2. The van der Waals surface area contributed by atoms with Crippen LogP contribution in [0.15, 0.2) is 23.1 Å². The van der Waals surface area contributed by atoms with Crippen LogP contribution in [0.3, 0.4) is 0 Å². The van der Waals surface area contributed by atoms with Gasteiger partial charge in [0.05, 0.1) is 11.8 Å². The molecule has 0 fully saturated rings. The minimum atomic E-state index is -3.23. The molecule has 0 heterocycles. The molecule has 0 radical (unpaired) electrons. The SMILES string of the molecule is CSc1cccc(NCCNS(C)(=O)=O)c1C(=O)O. The molecule has 0 saturated carbocycles. The van der Waals surface area contributed by atoms with E-state index < -0.39 is 16.0 Å². The highest BCUT2D eigenvalue weighted by Gasteiger charge is 2.14. The summed E-state index contributed by atoms with van der Waals surface area (Å²) in [5.41, 5.74) is 0.684. The summed E-state index contributed by atoms with van der Waals surface area (Å²) in [5, 5.41) is 12.1. The molecule has 0 bridgehead atoms. The largest absolute Gasteiger partial charge is 0.478 e. The molecule has 0 amide bonds. The Morgan fingerprint density at radius 3 is 2.58 bits per heavy atom. The highest BCUT2D eigenvalue weighted by molar-refractivity contribution is 7.98. The number of hydrogen-bond donors (Lipinski definition) is 3. The van der Waals surface area contributed by atoms with Crippen molar-refractivity contribution in [3.8, 4) is 0 Å². The van der Waals surface area contributed by atoms with E-state index in [1.165, 1.54) is 11.8 Å². The molecule has 3 N–H and O–H groups in total. The zero-order valence-corrected chi connectivity index (χ0v) is 12.3. The zero-order valence-electron chi connectivity index (χ0n) is 10.6. The van der Waals surface area contributed by atoms with Gasteiger partial charge in [-0.05, 0) is 18.4 Å². The maximum atomic E-state index is 11.2. The zero-order chi connectivity index (χ0) is 14.5. The Hall–Kier alpha value is -1.25. The van der Waals surface area contributed by atoms with E-state index in [9.17, 15) is 18.3 Å². The van der Waals surface area contributed by atoms with E-state index >= 15 is 0 Å². The van der Waals surface area contributed by atoms with Gasteiger partial charge in [-0.15, -0.1) is 11.8 Å². The van der Waals surface area contributed by atoms with Gasteiger partial charge in [0.15, 0.2) is 0 Å². The molecule has 106 valence electrons. The number of carboxylic acids is 1. The molecule has 1 aromatic rings. The molecule has 0 aliphatic heterocycles. The van der Waals surface area contributed by atoms with Crippen LogP contribution in [-0.4, -0.2) is 45.1 Å². The maximum absolute atomic E-state index is 11.2. The van der Waals surface area contributed by atoms with Gasteiger partial charge in [0.1, 0.15) is 0 Å². The summed E-state index contributed by atoms with van der Waals surface area (Å²) in [6, 6.07) is 5.14. The third-order valence-electron chi connectivity index (χ3n) is 2.26. The molecule has 0 aliphatic carbocycles. The summed E-state index contributed by atoms with van der Waals surface area (Å²) in [6.45, 7) is 0.507. The van der Waals surface area contributed by atoms with Crippen LogP contribution in [0.2, 0.25) is 0 Å². The number of aromatic carboxylic acids is 1. The second-order valence-corrected chi connectivity index (χ2v) is 6.46. The number of carboxylic acid groups (broad SMARTS) is 1. The molecule has 1 aromatic carbocycles. The Kier molecular flexibility index (Phi) is 5.64. The first kappa shape index (κ1) is 15.8. The molecule has 0 spiro atoms. The van der Waals surface area contributed by atoms with E-state index in [0.717, 1.165) is 6.26 Å². The van der Waals surface area contributed by atoms with Crippen LogP contribution in [0.4, 0.5) is 5.69 Å². The quantitative estimate of drug-likeness (QED) is 0.515. The molecule has 8 heteroatoms. The summed E-state index contributed by atoms with van der Waals surface area (Å²) >= 11 is 1.35. The minimum Gasteiger partial charge on any atom is -0.478 e. The molecule has 0 aromatic heterocycles. The van der Waals surface area contributed by atoms with Crippen molar-refractivity contribution < 1.29 is 18.3 Å². The molecule has 0 saturated heterocycles. The Morgan fingerprint density at radius 1 is 1.37 bits per heavy atom. The van der Waals surface area contributed by atoms with Gasteiger partial charge in [0, 0.05) is 23.7 Å². The fourth-order valence-corrected chi connectivity index (χ4v) is 2.59. The van der Waals surface area contributed by atoms with Crippen molar-refractivity contribution in [1.82, 2.24) is 4.72 Å². The van der Waals surface area contributed by atoms with Crippen molar-refractivity contribution in [2.75, 3.05) is 30.9 Å². The average Bonchev–Trinajstić information content (AvgIpc) is 2.32. The van der Waals surface area contributed by atoms with Crippen LogP contribution in [0.25, 0.3) is 0 Å². The lowest BCUT2D eigenvalue weighted by Crippen LogP contribution is -2.28. The van der Waals surface area contributed by atoms with Gasteiger partial charge in [-0.3, -0.25) is 0 Å². The lowest BCUT2D eigenvalue weighted by molar-refractivity contribution is 0.0694. The first-order valence-corrected chi connectivity index (χ1v) is 8.55. The fraction of sp³-hybridized carbons (Fsp3) is 0.364. The number of rotatable bonds is 7. The average molecular weight is 304 g/mol. The number of sulfonamides is 1. The Balaban J connectivity index is 2.76. The van der Waals surface area contributed by atoms with Crippen LogP contribution < -0.4 is 10.0 Å². The Bertz CT molecular complexity index is 558. The van der Waals surface area contributed by atoms with Gasteiger partial charge < -0.3 is 10.4 Å². The predicted octanol–water partition coefficient (Wildman–Crippen LogP) is 1.07. The van der Waals surface area contributed by atoms with E-state index in [1.807, 2.05) is 0 Å². The van der Waals surface area contributed by atoms with Crippen molar-refractivity contribution in [1.29, 1.82) is 0 Å². The fourth-order valence-electron chi connectivity index (χ4n) is 1.50. The number of carbonyl (C=O) groups is 1. The molecule has 19 heavy (non-hydrogen) atoms. The van der Waals surface area contributed by atoms with Gasteiger partial charge in [-0.1, -0.05) is 6.07 Å². The first-order chi connectivity index (χ1) is 8.85. The lowest BCUT2D eigenvalue weighted by atomic mass is 10.2. The van der Waals surface area contributed by atoms with E-state index in [-0.39, 0.29) is 12.1 Å². The summed E-state index contributed by atoms with van der Waals surface area (Å²) in [5.74, 6) is -1.01. The van der Waals surface area contributed by atoms with Crippen molar-refractivity contribution in [2.45, 2.75) is 4.90 Å². The summed E-state index contributed by atoms with van der Waals surface area (Å²) in [6.07, 6.45) is 2.88. The van der Waals surface area contributed by atoms with Crippen molar-refractivity contribution in [3.05, 3.63) is 23.8 Å². The van der Waals surface area contributed by atoms with E-state index in [1.54, 1.807) is 24.5 Å². The van der Waals surface area contributed by atoms with Crippen LogP contribution in [-0.2, 0) is 10.0 Å². The highest BCUT2D eigenvalue weighted by Crippen LogP contribution is 2.26.